The van der Waals surface area contributed by atoms with Gasteiger partial charge < -0.3 is 13.7 Å². The summed E-state index contributed by atoms with van der Waals surface area (Å²) in [4.78, 5) is 0. The van der Waals surface area contributed by atoms with Crippen molar-refractivity contribution in [3.8, 4) is 40.3 Å². The van der Waals surface area contributed by atoms with Gasteiger partial charge in [0.05, 0.1) is 67.7 Å². The molecule has 0 fully saturated rings. The molecule has 254 valence electrons. The van der Waals surface area contributed by atoms with Gasteiger partial charge in [-0.3, -0.25) is 0 Å². The van der Waals surface area contributed by atoms with E-state index in [-0.39, 0.29) is 0 Å². The Hall–Kier alpha value is -7.86. The van der Waals surface area contributed by atoms with E-state index in [0.29, 0.717) is 11.1 Å². The molecule has 0 radical (unpaired) electrons. The first-order valence-electron chi connectivity index (χ1n) is 18.3. The Labute approximate surface area is 316 Å². The molecule has 8 aromatic carbocycles. The minimum absolute atomic E-state index is 0.587. The highest BCUT2D eigenvalue weighted by Crippen LogP contribution is 2.43. The Morgan fingerprint density at radius 3 is 1.55 bits per heavy atom. The predicted octanol–water partition coefficient (Wildman–Crippen LogP) is 12.4. The van der Waals surface area contributed by atoms with Gasteiger partial charge >= 0.3 is 0 Å². The molecule has 0 saturated heterocycles. The Morgan fingerprint density at radius 2 is 0.891 bits per heavy atom. The lowest BCUT2D eigenvalue weighted by Crippen LogP contribution is -2.03. The van der Waals surface area contributed by atoms with Crippen molar-refractivity contribution in [1.29, 1.82) is 10.5 Å². The number of nitriles is 2. The highest BCUT2D eigenvalue weighted by atomic mass is 15.1. The minimum Gasteiger partial charge on any atom is -0.309 e. The Kier molecular flexibility index (Phi) is 6.61. The quantitative estimate of drug-likeness (QED) is 0.184. The van der Waals surface area contributed by atoms with Gasteiger partial charge in [-0.05, 0) is 72.3 Å². The van der Waals surface area contributed by atoms with Gasteiger partial charge in [0.2, 0.25) is 0 Å². The topological polar surface area (TPSA) is 62.4 Å². The van der Waals surface area contributed by atoms with E-state index in [1.807, 2.05) is 36.4 Å². The maximum Gasteiger partial charge on any atom is 0.0998 e. The summed E-state index contributed by atoms with van der Waals surface area (Å²) in [7, 11) is 0. The van der Waals surface area contributed by atoms with Crippen molar-refractivity contribution in [2.75, 3.05) is 0 Å². The van der Waals surface area contributed by atoms with Crippen molar-refractivity contribution in [3.63, 3.8) is 0 Å². The van der Waals surface area contributed by atoms with Gasteiger partial charge in [0.15, 0.2) is 0 Å². The zero-order chi connectivity index (χ0) is 36.6. The molecule has 3 heterocycles. The second-order valence-corrected chi connectivity index (χ2v) is 14.0. The molecule has 3 aromatic heterocycles. The van der Waals surface area contributed by atoms with Crippen LogP contribution in [0, 0.1) is 22.7 Å². The number of benzene rings is 8. The van der Waals surface area contributed by atoms with Crippen LogP contribution in [0.25, 0.3) is 93.6 Å². The Bertz CT molecular complexity index is 3420. The number of rotatable bonds is 4. The maximum atomic E-state index is 10.8. The molecule has 11 rings (SSSR count). The van der Waals surface area contributed by atoms with Gasteiger partial charge in [-0.25, -0.2) is 0 Å². The summed E-state index contributed by atoms with van der Waals surface area (Å²) < 4.78 is 6.96. The van der Waals surface area contributed by atoms with Crippen LogP contribution in [-0.2, 0) is 0 Å². The second-order valence-electron chi connectivity index (χ2n) is 14.0. The minimum atomic E-state index is 0.587. The first-order valence-corrected chi connectivity index (χ1v) is 18.3. The summed E-state index contributed by atoms with van der Waals surface area (Å²) in [6.45, 7) is 0. The van der Waals surface area contributed by atoms with Crippen molar-refractivity contribution in [3.05, 3.63) is 187 Å². The summed E-state index contributed by atoms with van der Waals surface area (Å²) in [5, 5.41) is 27.5. The van der Waals surface area contributed by atoms with E-state index in [0.717, 1.165) is 82.8 Å². The number of nitrogens with zero attached hydrogens (tertiary/aromatic N) is 5. The third-order valence-electron chi connectivity index (χ3n) is 11.1. The van der Waals surface area contributed by atoms with Gasteiger partial charge in [0.1, 0.15) is 0 Å². The van der Waals surface area contributed by atoms with Crippen LogP contribution in [0.1, 0.15) is 11.1 Å². The molecule has 5 heteroatoms. The number of aromatic nitrogens is 3. The largest absolute Gasteiger partial charge is 0.309 e. The molecule has 11 aromatic rings. The maximum absolute atomic E-state index is 10.8. The van der Waals surface area contributed by atoms with Crippen LogP contribution in [-0.4, -0.2) is 13.7 Å². The molecular weight excluding hydrogens is 671 g/mol. The second kappa shape index (κ2) is 11.8. The fourth-order valence-electron chi connectivity index (χ4n) is 8.86. The van der Waals surface area contributed by atoms with E-state index >= 15 is 0 Å². The van der Waals surface area contributed by atoms with Crippen LogP contribution >= 0.6 is 0 Å². The monoisotopic (exact) mass is 699 g/mol. The van der Waals surface area contributed by atoms with Gasteiger partial charge in [-0.1, -0.05) is 109 Å². The zero-order valence-electron chi connectivity index (χ0n) is 29.5. The zero-order valence-corrected chi connectivity index (χ0v) is 29.5. The molecule has 0 aliphatic rings. The smallest absolute Gasteiger partial charge is 0.0998 e. The third kappa shape index (κ3) is 4.39. The normalized spacial score (nSPS) is 11.6. The standard InChI is InChI=1S/C50H29N5/c51-30-32-26-27-40-38-17-1-5-20-42(38)53(48(40)28-32)35-14-9-12-33(29-35)49-34(31-52)13-10-24-46(49)55-45-23-8-4-18-39(45)41-19-11-25-47(50(41)55)54-43-21-6-2-15-36(43)37-16-3-7-22-44(37)54/h1-29H. The van der Waals surface area contributed by atoms with Crippen LogP contribution in [0.4, 0.5) is 0 Å². The lowest BCUT2D eigenvalue weighted by atomic mass is 9.97. The van der Waals surface area contributed by atoms with E-state index in [1.165, 1.54) is 10.8 Å². The first kappa shape index (κ1) is 30.7. The lowest BCUT2D eigenvalue weighted by molar-refractivity contribution is 1.13. The molecule has 0 saturated carbocycles. The highest BCUT2D eigenvalue weighted by Gasteiger charge is 2.23. The highest BCUT2D eigenvalue weighted by molar-refractivity contribution is 6.15. The first-order chi connectivity index (χ1) is 27.2. The fourth-order valence-corrected chi connectivity index (χ4v) is 8.86. The molecule has 0 unspecified atom stereocenters. The number of fused-ring (bicyclic) bond motifs is 9. The molecule has 55 heavy (non-hydrogen) atoms. The van der Waals surface area contributed by atoms with Gasteiger partial charge in [0, 0.05) is 43.6 Å². The van der Waals surface area contributed by atoms with Gasteiger partial charge in [0.25, 0.3) is 0 Å². The predicted molar refractivity (Wildman–Crippen MR) is 224 cm³/mol. The van der Waals surface area contributed by atoms with Gasteiger partial charge in [-0.2, -0.15) is 10.5 Å². The summed E-state index contributed by atoms with van der Waals surface area (Å²) >= 11 is 0. The Morgan fingerprint density at radius 1 is 0.364 bits per heavy atom. The van der Waals surface area contributed by atoms with Crippen LogP contribution in [0.2, 0.25) is 0 Å². The molecule has 0 amide bonds. The average Bonchev–Trinajstić information content (AvgIpc) is 3.89. The summed E-state index contributed by atoms with van der Waals surface area (Å²) in [6, 6.07) is 65.9. The Balaban J connectivity index is 1.23. The van der Waals surface area contributed by atoms with E-state index in [1.54, 1.807) is 0 Å². The van der Waals surface area contributed by atoms with Crippen molar-refractivity contribution in [1.82, 2.24) is 13.7 Å². The third-order valence-corrected chi connectivity index (χ3v) is 11.1. The lowest BCUT2D eigenvalue weighted by Gasteiger charge is -2.19. The fraction of sp³-hybridized carbons (Fsp3) is 0. The number of hydrogen-bond donors (Lipinski definition) is 0. The van der Waals surface area contributed by atoms with Gasteiger partial charge in [-0.15, -0.1) is 0 Å². The average molecular weight is 700 g/mol. The van der Waals surface area contributed by atoms with E-state index in [2.05, 4.69) is 165 Å². The molecule has 0 atom stereocenters. The van der Waals surface area contributed by atoms with Crippen molar-refractivity contribution < 1.29 is 0 Å². The molecule has 0 aliphatic heterocycles. The van der Waals surface area contributed by atoms with Crippen LogP contribution < -0.4 is 0 Å². The van der Waals surface area contributed by atoms with Crippen LogP contribution in [0.15, 0.2) is 176 Å². The summed E-state index contributed by atoms with van der Waals surface area (Å²) in [6.07, 6.45) is 0. The van der Waals surface area contributed by atoms with E-state index in [4.69, 9.17) is 0 Å². The van der Waals surface area contributed by atoms with Crippen LogP contribution in [0.5, 0.6) is 0 Å². The molecule has 0 N–H and O–H groups in total. The van der Waals surface area contributed by atoms with Crippen molar-refractivity contribution in [2.45, 2.75) is 0 Å². The van der Waals surface area contributed by atoms with Crippen molar-refractivity contribution >= 4 is 65.4 Å². The molecule has 0 aliphatic carbocycles. The number of para-hydroxylation sites is 5. The van der Waals surface area contributed by atoms with E-state index < -0.39 is 0 Å². The SMILES string of the molecule is N#Cc1ccc2c3ccccc3n(-c3cccc(-c4c(C#N)cccc4-n4c5ccccc5c5cccc(-n6c7ccccc7c7ccccc76)c54)c3)c2c1. The van der Waals surface area contributed by atoms with E-state index in [9.17, 15) is 10.5 Å². The molecular formula is C50H29N5. The molecule has 0 bridgehead atoms. The molecule has 0 spiro atoms. The summed E-state index contributed by atoms with van der Waals surface area (Å²) in [5.74, 6) is 0. The van der Waals surface area contributed by atoms with Crippen molar-refractivity contribution in [2.24, 2.45) is 0 Å². The number of hydrogen-bond acceptors (Lipinski definition) is 2. The van der Waals surface area contributed by atoms with Crippen LogP contribution in [0.3, 0.4) is 0 Å². The summed E-state index contributed by atoms with van der Waals surface area (Å²) in [5.41, 5.74) is 12.3. The molecule has 5 nitrogen and oxygen atoms in total.